The van der Waals surface area contributed by atoms with Crippen molar-refractivity contribution in [1.82, 2.24) is 0 Å². The monoisotopic (exact) mass is 556 g/mol. The summed E-state index contributed by atoms with van der Waals surface area (Å²) >= 11 is 4.55. The Bertz CT molecular complexity index is 500. The fraction of sp³-hybridized carbons (Fsp3) is 0.333. The average molecular weight is 552 g/mol. The SMILES string of the molecule is Cc1[c]([Sn])[se]c(-c2[se][c]([Sn])c(C)c2C)c1C. The van der Waals surface area contributed by atoms with Crippen molar-refractivity contribution in [2.75, 3.05) is 0 Å². The molecule has 0 aliphatic carbocycles. The van der Waals surface area contributed by atoms with Crippen LogP contribution < -0.4 is 4.91 Å². The molecule has 80 valence electrons. The van der Waals surface area contributed by atoms with Gasteiger partial charge < -0.3 is 0 Å². The molecule has 0 aromatic carbocycles. The van der Waals surface area contributed by atoms with Gasteiger partial charge in [0.2, 0.25) is 0 Å². The van der Waals surface area contributed by atoms with Crippen molar-refractivity contribution < 1.29 is 0 Å². The molecular formula is C12H12Se2Sn2. The molecule has 0 aliphatic rings. The molecule has 0 fully saturated rings. The van der Waals surface area contributed by atoms with Crippen molar-refractivity contribution >= 4 is 79.0 Å². The molecule has 2 rings (SSSR count). The summed E-state index contributed by atoms with van der Waals surface area (Å²) in [5, 5.41) is 0. The maximum atomic E-state index is 2.33. The standard InChI is InChI=1S/C12H12Se2.2Sn/c1-7-5-13-11(9(7)3)12-10(4)8(2)6-14-12;;/h1-4H3;;. The molecule has 0 saturated heterocycles. The van der Waals surface area contributed by atoms with Gasteiger partial charge in [0, 0.05) is 0 Å². The zero-order chi connectivity index (χ0) is 12.0. The van der Waals surface area contributed by atoms with Gasteiger partial charge in [-0.25, -0.2) is 0 Å². The normalized spacial score (nSPS) is 11.1. The maximum absolute atomic E-state index is 2.33. The minimum absolute atomic E-state index is 0.645. The van der Waals surface area contributed by atoms with Crippen molar-refractivity contribution in [1.29, 1.82) is 0 Å². The second-order valence-corrected chi connectivity index (χ2v) is 15.8. The van der Waals surface area contributed by atoms with Gasteiger partial charge in [0.15, 0.2) is 0 Å². The van der Waals surface area contributed by atoms with Crippen LogP contribution in [0.5, 0.6) is 0 Å². The van der Waals surface area contributed by atoms with Crippen LogP contribution in [0.1, 0.15) is 22.3 Å². The van der Waals surface area contributed by atoms with E-state index in [-0.39, 0.29) is 0 Å². The predicted molar refractivity (Wildman–Crippen MR) is 75.5 cm³/mol. The Balaban J connectivity index is 2.68. The van der Waals surface area contributed by atoms with E-state index in [1.165, 1.54) is 0 Å². The van der Waals surface area contributed by atoms with Crippen LogP contribution in [-0.2, 0) is 0 Å². The number of hydrogen-bond donors (Lipinski definition) is 0. The van der Waals surface area contributed by atoms with Crippen LogP contribution in [0.3, 0.4) is 0 Å². The molecule has 0 nitrogen and oxygen atoms in total. The zero-order valence-electron chi connectivity index (χ0n) is 9.82. The van der Waals surface area contributed by atoms with Gasteiger partial charge in [-0.3, -0.25) is 0 Å². The molecule has 0 atom stereocenters. The van der Waals surface area contributed by atoms with E-state index in [1.807, 2.05) is 0 Å². The average Bonchev–Trinajstić information content (AvgIpc) is 2.64. The fourth-order valence-electron chi connectivity index (χ4n) is 1.62. The van der Waals surface area contributed by atoms with E-state index < -0.39 is 0 Å². The molecule has 0 unspecified atom stereocenters. The Morgan fingerprint density at radius 3 is 1.12 bits per heavy atom. The molecule has 0 spiro atoms. The Morgan fingerprint density at radius 1 is 0.625 bits per heavy atom. The van der Waals surface area contributed by atoms with Crippen LogP contribution in [0.2, 0.25) is 0 Å². The molecule has 6 radical (unpaired) electrons. The van der Waals surface area contributed by atoms with Gasteiger partial charge in [0.05, 0.1) is 0 Å². The molecule has 2 aromatic rings. The Hall–Kier alpha value is 1.60. The molecule has 2 heterocycles. The van der Waals surface area contributed by atoms with Crippen molar-refractivity contribution in [2.24, 2.45) is 0 Å². The molecule has 0 bridgehead atoms. The Labute approximate surface area is 136 Å². The summed E-state index contributed by atoms with van der Waals surface area (Å²) in [6.45, 7) is 9.28. The van der Waals surface area contributed by atoms with Gasteiger partial charge in [-0.1, -0.05) is 0 Å². The van der Waals surface area contributed by atoms with E-state index in [4.69, 9.17) is 0 Å². The fourth-order valence-corrected chi connectivity index (χ4v) is 11.1. The second kappa shape index (κ2) is 5.30. The summed E-state index contributed by atoms with van der Waals surface area (Å²) in [5.41, 5.74) is 6.39. The van der Waals surface area contributed by atoms with E-state index >= 15 is 0 Å². The molecule has 0 saturated carbocycles. The van der Waals surface area contributed by atoms with E-state index in [0.717, 1.165) is 0 Å². The van der Waals surface area contributed by atoms with Crippen LogP contribution in [0.25, 0.3) is 8.87 Å². The van der Waals surface area contributed by atoms with Crippen LogP contribution in [0.15, 0.2) is 0 Å². The molecule has 0 amide bonds. The zero-order valence-corrected chi connectivity index (χ0v) is 19.0. The molecule has 0 aliphatic heterocycles. The van der Waals surface area contributed by atoms with Gasteiger partial charge in [-0.2, -0.15) is 0 Å². The first-order chi connectivity index (χ1) is 7.43. The van der Waals surface area contributed by atoms with Crippen LogP contribution in [0.4, 0.5) is 0 Å². The van der Waals surface area contributed by atoms with Crippen molar-refractivity contribution in [3.63, 3.8) is 0 Å². The van der Waals surface area contributed by atoms with E-state index in [9.17, 15) is 0 Å². The Morgan fingerprint density at radius 2 is 0.938 bits per heavy atom. The van der Waals surface area contributed by atoms with E-state index in [2.05, 4.69) is 27.7 Å². The molecule has 2 aromatic heterocycles. The summed E-state index contributed by atoms with van der Waals surface area (Å²) in [6.07, 6.45) is 0. The Kier molecular flexibility index (Phi) is 4.64. The number of rotatable bonds is 1. The third kappa shape index (κ3) is 2.35. The molecule has 0 N–H and O–H groups in total. The van der Waals surface area contributed by atoms with Gasteiger partial charge in [-0.05, 0) is 0 Å². The van der Waals surface area contributed by atoms with E-state index in [1.54, 1.807) is 81.1 Å². The first kappa shape index (κ1) is 14.0. The van der Waals surface area contributed by atoms with Gasteiger partial charge in [0.1, 0.15) is 0 Å². The summed E-state index contributed by atoms with van der Waals surface area (Å²) in [4.78, 5) is 0. The van der Waals surface area contributed by atoms with Crippen LogP contribution >= 0.6 is 0 Å². The molecule has 16 heavy (non-hydrogen) atoms. The summed E-state index contributed by atoms with van der Waals surface area (Å²) in [6, 6.07) is 0. The third-order valence-electron chi connectivity index (χ3n) is 3.10. The summed E-state index contributed by atoms with van der Waals surface area (Å²) in [5.74, 6) is 0. The second-order valence-electron chi connectivity index (χ2n) is 4.02. The first-order valence-corrected chi connectivity index (χ1v) is 11.3. The van der Waals surface area contributed by atoms with Gasteiger partial charge >= 0.3 is 138 Å². The van der Waals surface area contributed by atoms with Crippen molar-refractivity contribution in [2.45, 2.75) is 27.7 Å². The third-order valence-corrected chi connectivity index (χ3v) is 14.1. The van der Waals surface area contributed by atoms with Crippen LogP contribution in [0, 0.1) is 27.7 Å². The first-order valence-electron chi connectivity index (χ1n) is 5.07. The minimum atomic E-state index is 0.645. The molecule has 4 heteroatoms. The van der Waals surface area contributed by atoms with Crippen molar-refractivity contribution in [3.05, 3.63) is 22.3 Å². The topological polar surface area (TPSA) is 0 Å². The van der Waals surface area contributed by atoms with Crippen LogP contribution in [-0.4, -0.2) is 74.1 Å². The number of hydrogen-bond acceptors (Lipinski definition) is 0. The van der Waals surface area contributed by atoms with E-state index in [0.29, 0.717) is 29.0 Å². The van der Waals surface area contributed by atoms with Gasteiger partial charge in [-0.15, -0.1) is 0 Å². The summed E-state index contributed by atoms with van der Waals surface area (Å²) < 4.78 is 6.90. The van der Waals surface area contributed by atoms with Gasteiger partial charge in [0.25, 0.3) is 0 Å². The van der Waals surface area contributed by atoms with Crippen molar-refractivity contribution in [3.8, 4) is 8.87 Å². The quantitative estimate of drug-likeness (QED) is 0.448. The summed E-state index contributed by atoms with van der Waals surface area (Å²) in [7, 11) is 0. The molecular weight excluding hydrogens is 539 g/mol. The predicted octanol–water partition coefficient (Wildman–Crippen LogP) is 0.289.